The first-order valence-electron chi connectivity index (χ1n) is 6.96. The zero-order valence-corrected chi connectivity index (χ0v) is 12.2. The summed E-state index contributed by atoms with van der Waals surface area (Å²) in [5.74, 6) is 0.0470. The number of carbonyl (C=O) groups excluding carboxylic acids is 1. The Morgan fingerprint density at radius 1 is 1.38 bits per heavy atom. The van der Waals surface area contributed by atoms with Gasteiger partial charge in [-0.2, -0.15) is 0 Å². The summed E-state index contributed by atoms with van der Waals surface area (Å²) >= 11 is 0. The molecule has 1 saturated carbocycles. The van der Waals surface area contributed by atoms with Gasteiger partial charge < -0.3 is 20.1 Å². The minimum absolute atomic E-state index is 0.145. The van der Waals surface area contributed by atoms with E-state index in [-0.39, 0.29) is 18.7 Å². The molecular formula is C15H20N2O4. The average molecular weight is 292 g/mol. The van der Waals surface area contributed by atoms with E-state index >= 15 is 0 Å². The zero-order valence-electron chi connectivity index (χ0n) is 12.2. The lowest BCUT2D eigenvalue weighted by Gasteiger charge is -2.25. The average Bonchev–Trinajstić information content (AvgIpc) is 3.29. The van der Waals surface area contributed by atoms with Crippen molar-refractivity contribution < 1.29 is 19.4 Å². The molecule has 1 aliphatic carbocycles. The van der Waals surface area contributed by atoms with Crippen LogP contribution in [0.2, 0.25) is 0 Å². The highest BCUT2D eigenvalue weighted by Crippen LogP contribution is 2.34. The molecule has 0 spiro atoms. The van der Waals surface area contributed by atoms with Crippen LogP contribution in [0.15, 0.2) is 24.3 Å². The van der Waals surface area contributed by atoms with E-state index in [1.165, 1.54) is 12.8 Å². The second kappa shape index (κ2) is 6.47. The number of anilines is 1. The Morgan fingerprint density at radius 3 is 2.52 bits per heavy atom. The number of nitrogens with one attached hydrogen (secondary N) is 1. The zero-order chi connectivity index (χ0) is 15.4. The van der Waals surface area contributed by atoms with Crippen molar-refractivity contribution in [1.82, 2.24) is 4.90 Å². The number of amides is 2. The predicted octanol–water partition coefficient (Wildman–Crippen LogP) is 2.41. The smallest absolute Gasteiger partial charge is 0.341 e. The van der Waals surface area contributed by atoms with E-state index in [0.717, 1.165) is 0 Å². The van der Waals surface area contributed by atoms with Gasteiger partial charge in [-0.25, -0.2) is 9.59 Å². The van der Waals surface area contributed by atoms with Crippen molar-refractivity contribution in [2.75, 3.05) is 19.0 Å². The molecule has 2 rings (SSSR count). The molecule has 21 heavy (non-hydrogen) atoms. The van der Waals surface area contributed by atoms with E-state index in [1.54, 1.807) is 36.2 Å². The predicted molar refractivity (Wildman–Crippen MR) is 78.5 cm³/mol. The number of carboxylic acids is 1. The van der Waals surface area contributed by atoms with Gasteiger partial charge in [0.05, 0.1) is 0 Å². The van der Waals surface area contributed by atoms with Crippen molar-refractivity contribution in [3.05, 3.63) is 24.3 Å². The molecular weight excluding hydrogens is 272 g/mol. The first-order valence-corrected chi connectivity index (χ1v) is 6.96. The van der Waals surface area contributed by atoms with E-state index in [2.05, 4.69) is 12.2 Å². The Bertz CT molecular complexity index is 511. The van der Waals surface area contributed by atoms with Crippen LogP contribution in [-0.2, 0) is 4.79 Å². The molecule has 0 radical (unpaired) electrons. The number of hydrogen-bond donors (Lipinski definition) is 2. The van der Waals surface area contributed by atoms with E-state index < -0.39 is 5.97 Å². The number of nitrogens with zero attached hydrogens (tertiary/aromatic N) is 1. The Hall–Kier alpha value is -2.24. The number of rotatable bonds is 6. The van der Waals surface area contributed by atoms with Crippen molar-refractivity contribution in [2.45, 2.75) is 25.8 Å². The van der Waals surface area contributed by atoms with Crippen LogP contribution in [0.25, 0.3) is 0 Å². The van der Waals surface area contributed by atoms with Gasteiger partial charge in [0.25, 0.3) is 0 Å². The summed E-state index contributed by atoms with van der Waals surface area (Å²) < 4.78 is 5.03. The third kappa shape index (κ3) is 4.37. The maximum atomic E-state index is 12.1. The minimum atomic E-state index is -1.02. The first kappa shape index (κ1) is 15.2. The van der Waals surface area contributed by atoms with E-state index in [4.69, 9.17) is 9.84 Å². The van der Waals surface area contributed by atoms with Crippen LogP contribution >= 0.6 is 0 Å². The summed E-state index contributed by atoms with van der Waals surface area (Å²) in [4.78, 5) is 24.2. The summed E-state index contributed by atoms with van der Waals surface area (Å²) in [6.07, 6.45) is 2.38. The van der Waals surface area contributed by atoms with Crippen LogP contribution < -0.4 is 10.1 Å². The standard InChI is InChI=1S/C15H20N2O4/c1-10(11-3-4-11)17(2)15(20)16-12-5-7-13(8-6-12)21-9-14(18)19/h5-8,10-11H,3-4,9H2,1-2H3,(H,16,20)(H,18,19). The van der Waals surface area contributed by atoms with Crippen LogP contribution in [0.1, 0.15) is 19.8 Å². The molecule has 6 heteroatoms. The maximum Gasteiger partial charge on any atom is 0.341 e. The molecule has 0 bridgehead atoms. The lowest BCUT2D eigenvalue weighted by atomic mass is 10.2. The molecule has 0 aromatic heterocycles. The lowest BCUT2D eigenvalue weighted by molar-refractivity contribution is -0.139. The number of hydrogen-bond acceptors (Lipinski definition) is 3. The van der Waals surface area contributed by atoms with Crippen LogP contribution in [0.5, 0.6) is 5.75 Å². The Labute approximate surface area is 123 Å². The maximum absolute atomic E-state index is 12.1. The summed E-state index contributed by atoms with van der Waals surface area (Å²) in [7, 11) is 1.79. The number of aliphatic carboxylic acids is 1. The normalized spacial score (nSPS) is 15.1. The summed E-state index contributed by atoms with van der Waals surface area (Å²) in [5.41, 5.74) is 0.650. The first-order chi connectivity index (χ1) is 9.97. The van der Waals surface area contributed by atoms with E-state index in [9.17, 15) is 9.59 Å². The number of urea groups is 1. The number of ether oxygens (including phenoxy) is 1. The molecule has 2 N–H and O–H groups in total. The molecule has 6 nitrogen and oxygen atoms in total. The van der Waals surface area contributed by atoms with Gasteiger partial charge in [-0.05, 0) is 49.9 Å². The van der Waals surface area contributed by atoms with Crippen molar-refractivity contribution in [3.8, 4) is 5.75 Å². The third-order valence-electron chi connectivity index (χ3n) is 3.70. The lowest BCUT2D eigenvalue weighted by Crippen LogP contribution is -2.39. The van der Waals surface area contributed by atoms with Gasteiger partial charge in [-0.1, -0.05) is 0 Å². The molecule has 1 aromatic rings. The Morgan fingerprint density at radius 2 is 2.00 bits per heavy atom. The number of carbonyl (C=O) groups is 2. The molecule has 0 saturated heterocycles. The highest BCUT2D eigenvalue weighted by molar-refractivity contribution is 5.89. The second-order valence-corrected chi connectivity index (χ2v) is 5.33. The van der Waals surface area contributed by atoms with E-state index in [0.29, 0.717) is 17.4 Å². The van der Waals surface area contributed by atoms with Gasteiger partial charge in [-0.3, -0.25) is 0 Å². The largest absolute Gasteiger partial charge is 0.482 e. The third-order valence-corrected chi connectivity index (χ3v) is 3.70. The highest BCUT2D eigenvalue weighted by Gasteiger charge is 2.32. The van der Waals surface area contributed by atoms with Crippen LogP contribution in [-0.4, -0.2) is 41.7 Å². The fraction of sp³-hybridized carbons (Fsp3) is 0.467. The van der Waals surface area contributed by atoms with Gasteiger partial charge in [0, 0.05) is 18.8 Å². The topological polar surface area (TPSA) is 78.9 Å². The van der Waals surface area contributed by atoms with Gasteiger partial charge in [0.1, 0.15) is 5.75 Å². The summed E-state index contributed by atoms with van der Waals surface area (Å²) in [5, 5.41) is 11.3. The van der Waals surface area contributed by atoms with Crippen molar-refractivity contribution in [3.63, 3.8) is 0 Å². The van der Waals surface area contributed by atoms with Crippen molar-refractivity contribution >= 4 is 17.7 Å². The molecule has 114 valence electrons. The number of carboxylic acid groups (broad SMARTS) is 1. The SMILES string of the molecule is CC(C1CC1)N(C)C(=O)Nc1ccc(OCC(=O)O)cc1. The van der Waals surface area contributed by atoms with Crippen LogP contribution in [0.3, 0.4) is 0 Å². The quantitative estimate of drug-likeness (QED) is 0.844. The monoisotopic (exact) mass is 292 g/mol. The molecule has 1 fully saturated rings. The molecule has 1 aromatic carbocycles. The number of benzene rings is 1. The minimum Gasteiger partial charge on any atom is -0.482 e. The van der Waals surface area contributed by atoms with Crippen molar-refractivity contribution in [2.24, 2.45) is 5.92 Å². The molecule has 2 amide bonds. The molecule has 1 atom stereocenters. The van der Waals surface area contributed by atoms with Gasteiger partial charge in [-0.15, -0.1) is 0 Å². The van der Waals surface area contributed by atoms with Crippen LogP contribution in [0, 0.1) is 5.92 Å². The highest BCUT2D eigenvalue weighted by atomic mass is 16.5. The van der Waals surface area contributed by atoms with Gasteiger partial charge in [0.2, 0.25) is 0 Å². The summed E-state index contributed by atoms with van der Waals surface area (Å²) in [6, 6.07) is 6.72. The fourth-order valence-corrected chi connectivity index (χ4v) is 2.07. The molecule has 1 unspecified atom stereocenters. The van der Waals surface area contributed by atoms with Crippen LogP contribution in [0.4, 0.5) is 10.5 Å². The molecule has 0 aliphatic heterocycles. The fourth-order valence-electron chi connectivity index (χ4n) is 2.07. The summed E-state index contributed by atoms with van der Waals surface area (Å²) in [6.45, 7) is 1.67. The molecule has 1 aliphatic rings. The van der Waals surface area contributed by atoms with E-state index in [1.807, 2.05) is 0 Å². The van der Waals surface area contributed by atoms with Gasteiger partial charge >= 0.3 is 12.0 Å². The van der Waals surface area contributed by atoms with Gasteiger partial charge in [0.15, 0.2) is 6.61 Å². The Balaban J connectivity index is 1.87. The van der Waals surface area contributed by atoms with Crippen molar-refractivity contribution in [1.29, 1.82) is 0 Å². The second-order valence-electron chi connectivity index (χ2n) is 5.33. The molecule has 0 heterocycles. The Kier molecular flexibility index (Phi) is 4.67.